The van der Waals surface area contributed by atoms with Crippen LogP contribution >= 0.6 is 0 Å². The Kier molecular flexibility index (Phi) is 5.66. The van der Waals surface area contributed by atoms with Crippen molar-refractivity contribution in [3.8, 4) is 0 Å². The second kappa shape index (κ2) is 5.94. The highest BCUT2D eigenvalue weighted by Gasteiger charge is 2.12. The summed E-state index contributed by atoms with van der Waals surface area (Å²) < 4.78 is 24.0. The summed E-state index contributed by atoms with van der Waals surface area (Å²) in [6, 6.07) is -0.563. The summed E-state index contributed by atoms with van der Waals surface area (Å²) in [5, 5.41) is 2.44. The fourth-order valence-corrected chi connectivity index (χ4v) is 1.30. The minimum atomic E-state index is -3.25. The highest BCUT2D eigenvalue weighted by atomic mass is 32.2. The molecule has 0 fully saturated rings. The van der Waals surface area contributed by atoms with Crippen molar-refractivity contribution in [3.05, 3.63) is 0 Å². The first-order valence-electron chi connectivity index (χ1n) is 4.37. The van der Waals surface area contributed by atoms with E-state index in [9.17, 15) is 13.2 Å². The van der Waals surface area contributed by atoms with Crippen LogP contribution in [0.25, 0.3) is 0 Å². The lowest BCUT2D eigenvalue weighted by atomic mass is 10.2. The van der Waals surface area contributed by atoms with E-state index in [1.165, 1.54) is 7.05 Å². The van der Waals surface area contributed by atoms with Crippen molar-refractivity contribution in [2.45, 2.75) is 19.4 Å². The summed E-state index contributed by atoms with van der Waals surface area (Å²) >= 11 is 0. The molecule has 6 nitrogen and oxygen atoms in total. The van der Waals surface area contributed by atoms with Crippen molar-refractivity contribution >= 4 is 15.9 Å². The van der Waals surface area contributed by atoms with Crippen LogP contribution in [0.2, 0.25) is 0 Å². The van der Waals surface area contributed by atoms with E-state index < -0.39 is 16.1 Å². The van der Waals surface area contributed by atoms with Gasteiger partial charge < -0.3 is 11.1 Å². The van der Waals surface area contributed by atoms with Crippen molar-refractivity contribution in [1.82, 2.24) is 10.0 Å². The predicted octanol–water partition coefficient (Wildman–Crippen LogP) is -1.61. The zero-order chi connectivity index (χ0) is 11.2. The monoisotopic (exact) mass is 223 g/mol. The molecule has 1 amide bonds. The molecule has 0 aromatic rings. The van der Waals surface area contributed by atoms with E-state index in [1.54, 1.807) is 6.92 Å². The Labute approximate surface area is 84.3 Å². The molecule has 0 radical (unpaired) electrons. The minimum absolute atomic E-state index is 0.0791. The van der Waals surface area contributed by atoms with Gasteiger partial charge in [0.2, 0.25) is 15.9 Å². The van der Waals surface area contributed by atoms with Crippen LogP contribution in [0.3, 0.4) is 0 Å². The second-order valence-corrected chi connectivity index (χ2v) is 4.87. The lowest BCUT2D eigenvalue weighted by Gasteiger charge is -2.09. The molecule has 0 aliphatic heterocycles. The van der Waals surface area contributed by atoms with Gasteiger partial charge in [0.15, 0.2) is 0 Å². The van der Waals surface area contributed by atoms with E-state index in [4.69, 9.17) is 5.73 Å². The summed E-state index contributed by atoms with van der Waals surface area (Å²) in [5.74, 6) is -0.454. The van der Waals surface area contributed by atoms with Gasteiger partial charge in [-0.05, 0) is 13.5 Å². The van der Waals surface area contributed by atoms with Crippen molar-refractivity contribution in [2.24, 2.45) is 5.73 Å². The third-order valence-electron chi connectivity index (χ3n) is 1.76. The van der Waals surface area contributed by atoms with Crippen molar-refractivity contribution in [3.63, 3.8) is 0 Å². The van der Waals surface area contributed by atoms with Gasteiger partial charge in [-0.2, -0.15) is 0 Å². The summed E-state index contributed by atoms with van der Waals surface area (Å²) in [6.07, 6.45) is 0.532. The third kappa shape index (κ3) is 5.15. The van der Waals surface area contributed by atoms with E-state index in [2.05, 4.69) is 10.0 Å². The molecule has 0 aliphatic rings. The molecule has 0 spiro atoms. The van der Waals surface area contributed by atoms with Gasteiger partial charge in [0.25, 0.3) is 0 Å². The largest absolute Gasteiger partial charge is 0.354 e. The quantitative estimate of drug-likeness (QED) is 0.504. The maximum Gasteiger partial charge on any atom is 0.236 e. The van der Waals surface area contributed by atoms with Gasteiger partial charge in [-0.3, -0.25) is 4.79 Å². The standard InChI is InChI=1S/C7H17N3O3S/c1-3-6(8)7(11)10-4-5-14(12,13)9-2/h6,9H,3-5,8H2,1-2H3,(H,10,11)/t6-/m1/s1. The second-order valence-electron chi connectivity index (χ2n) is 2.83. The highest BCUT2D eigenvalue weighted by Crippen LogP contribution is 1.86. The first-order valence-corrected chi connectivity index (χ1v) is 6.02. The van der Waals surface area contributed by atoms with Gasteiger partial charge in [0.1, 0.15) is 0 Å². The van der Waals surface area contributed by atoms with Crippen LogP contribution in [-0.4, -0.2) is 39.7 Å². The van der Waals surface area contributed by atoms with Crippen LogP contribution in [-0.2, 0) is 14.8 Å². The molecular weight excluding hydrogens is 206 g/mol. The molecule has 0 aliphatic carbocycles. The van der Waals surface area contributed by atoms with Gasteiger partial charge >= 0.3 is 0 Å². The summed E-state index contributed by atoms with van der Waals surface area (Å²) in [4.78, 5) is 11.1. The van der Waals surface area contributed by atoms with Crippen LogP contribution in [0, 0.1) is 0 Å². The number of carbonyl (C=O) groups excluding carboxylic acids is 1. The Hall–Kier alpha value is -0.660. The molecule has 0 aromatic carbocycles. The molecular formula is C7H17N3O3S. The number of hydrogen-bond donors (Lipinski definition) is 3. The number of nitrogens with one attached hydrogen (secondary N) is 2. The Morgan fingerprint density at radius 2 is 2.07 bits per heavy atom. The number of sulfonamides is 1. The molecule has 0 heterocycles. The Balaban J connectivity index is 3.81. The van der Waals surface area contributed by atoms with Crippen LogP contribution in [0.15, 0.2) is 0 Å². The normalized spacial score (nSPS) is 13.6. The average Bonchev–Trinajstić information content (AvgIpc) is 2.16. The van der Waals surface area contributed by atoms with Gasteiger partial charge in [0.05, 0.1) is 11.8 Å². The fraction of sp³-hybridized carbons (Fsp3) is 0.857. The summed E-state index contributed by atoms with van der Waals surface area (Å²) in [6.45, 7) is 1.87. The Morgan fingerprint density at radius 1 is 1.50 bits per heavy atom. The van der Waals surface area contributed by atoms with E-state index in [0.717, 1.165) is 0 Å². The number of hydrogen-bond acceptors (Lipinski definition) is 4. The van der Waals surface area contributed by atoms with Gasteiger partial charge in [-0.15, -0.1) is 0 Å². The van der Waals surface area contributed by atoms with Gasteiger partial charge in [-0.25, -0.2) is 13.1 Å². The molecule has 4 N–H and O–H groups in total. The topological polar surface area (TPSA) is 101 Å². The Bertz CT molecular complexity index is 276. The SMILES string of the molecule is CC[C@@H](N)C(=O)NCCS(=O)(=O)NC. The van der Waals surface area contributed by atoms with Crippen LogP contribution in [0.5, 0.6) is 0 Å². The zero-order valence-electron chi connectivity index (χ0n) is 8.41. The van der Waals surface area contributed by atoms with Crippen LogP contribution < -0.4 is 15.8 Å². The van der Waals surface area contributed by atoms with Crippen molar-refractivity contribution in [1.29, 1.82) is 0 Å². The average molecular weight is 223 g/mol. The van der Waals surface area contributed by atoms with Crippen LogP contribution in [0.1, 0.15) is 13.3 Å². The van der Waals surface area contributed by atoms with Gasteiger partial charge in [0, 0.05) is 6.54 Å². The fourth-order valence-electron chi connectivity index (χ4n) is 0.727. The van der Waals surface area contributed by atoms with E-state index in [0.29, 0.717) is 6.42 Å². The number of amides is 1. The first-order chi connectivity index (χ1) is 6.43. The maximum atomic E-state index is 11.1. The lowest BCUT2D eigenvalue weighted by Crippen LogP contribution is -2.42. The van der Waals surface area contributed by atoms with E-state index >= 15 is 0 Å². The van der Waals surface area contributed by atoms with E-state index in [1.807, 2.05) is 0 Å². The molecule has 0 bridgehead atoms. The Morgan fingerprint density at radius 3 is 2.50 bits per heavy atom. The lowest BCUT2D eigenvalue weighted by molar-refractivity contribution is -0.122. The summed E-state index contributed by atoms with van der Waals surface area (Å²) in [5.41, 5.74) is 5.42. The number of rotatable bonds is 6. The van der Waals surface area contributed by atoms with E-state index in [-0.39, 0.29) is 18.2 Å². The third-order valence-corrected chi connectivity index (χ3v) is 3.12. The molecule has 0 aromatic heterocycles. The summed E-state index contributed by atoms with van der Waals surface area (Å²) in [7, 11) is -1.92. The smallest absolute Gasteiger partial charge is 0.236 e. The minimum Gasteiger partial charge on any atom is -0.354 e. The molecule has 84 valence electrons. The van der Waals surface area contributed by atoms with Crippen LogP contribution in [0.4, 0.5) is 0 Å². The number of nitrogens with two attached hydrogens (primary N) is 1. The predicted molar refractivity (Wildman–Crippen MR) is 54.1 cm³/mol. The molecule has 14 heavy (non-hydrogen) atoms. The molecule has 1 atom stereocenters. The zero-order valence-corrected chi connectivity index (χ0v) is 9.23. The van der Waals surface area contributed by atoms with Crippen molar-refractivity contribution < 1.29 is 13.2 Å². The molecule has 0 saturated heterocycles. The van der Waals surface area contributed by atoms with Crippen molar-refractivity contribution in [2.75, 3.05) is 19.3 Å². The first kappa shape index (κ1) is 13.3. The molecule has 0 rings (SSSR count). The maximum absolute atomic E-state index is 11.1. The number of carbonyl (C=O) groups is 1. The molecule has 0 unspecified atom stereocenters. The highest BCUT2D eigenvalue weighted by molar-refractivity contribution is 7.89. The molecule has 0 saturated carbocycles. The van der Waals surface area contributed by atoms with Gasteiger partial charge in [-0.1, -0.05) is 6.92 Å². The molecule has 7 heteroatoms.